The van der Waals surface area contributed by atoms with Crippen LogP contribution in [0.4, 0.5) is 0 Å². The van der Waals surface area contributed by atoms with Crippen LogP contribution in [0.5, 0.6) is 0 Å². The molecule has 1 saturated heterocycles. The van der Waals surface area contributed by atoms with Gasteiger partial charge in [-0.15, -0.1) is 0 Å². The molecule has 0 aromatic heterocycles. The van der Waals surface area contributed by atoms with Gasteiger partial charge in [0.05, 0.1) is 6.61 Å². The van der Waals surface area contributed by atoms with Crippen molar-refractivity contribution in [1.29, 1.82) is 0 Å². The molecule has 0 aromatic carbocycles. The van der Waals surface area contributed by atoms with Gasteiger partial charge >= 0.3 is 5.97 Å². The van der Waals surface area contributed by atoms with Gasteiger partial charge in [0.2, 0.25) is 10.0 Å². The fraction of sp³-hybridized carbons (Fsp3) is 0.923. The van der Waals surface area contributed by atoms with Crippen molar-refractivity contribution in [1.82, 2.24) is 9.62 Å². The van der Waals surface area contributed by atoms with E-state index in [-0.39, 0.29) is 18.6 Å². The molecule has 1 fully saturated rings. The van der Waals surface area contributed by atoms with Gasteiger partial charge in [-0.05, 0) is 32.2 Å². The number of nitrogens with one attached hydrogen (secondary N) is 1. The maximum atomic E-state index is 12.3. The molecule has 1 N–H and O–H groups in total. The first-order valence-corrected chi connectivity index (χ1v) is 8.83. The van der Waals surface area contributed by atoms with Gasteiger partial charge in [-0.3, -0.25) is 4.79 Å². The van der Waals surface area contributed by atoms with E-state index in [1.165, 1.54) is 4.31 Å². The fourth-order valence-corrected chi connectivity index (χ4v) is 3.81. The number of carbonyl (C=O) groups excluding carboxylic acids is 1. The molecule has 1 unspecified atom stereocenters. The molecule has 1 aliphatic heterocycles. The third-order valence-electron chi connectivity index (χ3n) is 3.15. The van der Waals surface area contributed by atoms with Crippen LogP contribution in [0.1, 0.15) is 33.6 Å². The van der Waals surface area contributed by atoms with E-state index in [4.69, 9.17) is 4.74 Å². The maximum absolute atomic E-state index is 12.3. The van der Waals surface area contributed by atoms with E-state index in [1.54, 1.807) is 6.92 Å². The lowest BCUT2D eigenvalue weighted by Gasteiger charge is -2.26. The maximum Gasteiger partial charge on any atom is 0.322 e. The highest BCUT2D eigenvalue weighted by Crippen LogP contribution is 2.13. The highest BCUT2D eigenvalue weighted by Gasteiger charge is 2.29. The molecular weight excluding hydrogens is 280 g/mol. The molecular formula is C13H26N2O4S. The fourth-order valence-electron chi connectivity index (χ4n) is 2.31. The molecule has 0 saturated carbocycles. The van der Waals surface area contributed by atoms with Crippen molar-refractivity contribution in [3.8, 4) is 0 Å². The minimum atomic E-state index is -3.61. The van der Waals surface area contributed by atoms with Gasteiger partial charge in [0, 0.05) is 19.1 Å². The first-order valence-electron chi connectivity index (χ1n) is 7.22. The van der Waals surface area contributed by atoms with Crippen molar-refractivity contribution >= 4 is 16.0 Å². The van der Waals surface area contributed by atoms with Crippen LogP contribution in [0, 0.1) is 5.92 Å². The van der Waals surface area contributed by atoms with Gasteiger partial charge in [-0.1, -0.05) is 13.8 Å². The average molecular weight is 306 g/mol. The average Bonchev–Trinajstić information content (AvgIpc) is 2.80. The van der Waals surface area contributed by atoms with Crippen molar-refractivity contribution in [2.75, 3.05) is 32.0 Å². The number of rotatable bonds is 8. The Labute approximate surface area is 121 Å². The van der Waals surface area contributed by atoms with Crippen LogP contribution >= 0.6 is 0 Å². The molecule has 118 valence electrons. The summed E-state index contributed by atoms with van der Waals surface area (Å²) in [4.78, 5) is 11.4. The van der Waals surface area contributed by atoms with Crippen LogP contribution in [0.25, 0.3) is 0 Å². The van der Waals surface area contributed by atoms with Gasteiger partial charge in [0.1, 0.15) is 0 Å². The molecule has 1 atom stereocenters. The Morgan fingerprint density at radius 1 is 1.45 bits per heavy atom. The Hall–Kier alpha value is -0.660. The summed E-state index contributed by atoms with van der Waals surface area (Å²) in [6.45, 7) is 7.59. The molecule has 20 heavy (non-hydrogen) atoms. The Bertz CT molecular complexity index is 403. The molecule has 1 aliphatic rings. The molecule has 0 spiro atoms. The van der Waals surface area contributed by atoms with E-state index in [2.05, 4.69) is 5.32 Å². The van der Waals surface area contributed by atoms with Gasteiger partial charge in [-0.2, -0.15) is 4.31 Å². The van der Waals surface area contributed by atoms with E-state index in [1.807, 2.05) is 13.8 Å². The third-order valence-corrected chi connectivity index (χ3v) is 4.84. The Morgan fingerprint density at radius 2 is 2.15 bits per heavy atom. The van der Waals surface area contributed by atoms with E-state index >= 15 is 0 Å². The number of hydrogen-bond donors (Lipinski definition) is 1. The summed E-state index contributed by atoms with van der Waals surface area (Å²) >= 11 is 0. The predicted octanol–water partition coefficient (Wildman–Crippen LogP) is 0.589. The molecule has 0 bridgehead atoms. The normalized spacial score (nSPS) is 19.8. The standard InChI is InChI=1S/C13H26N2O4S/c1-4-19-13(16)10-20(17,18)15(8-11(2)3)9-12-6-5-7-14-12/h11-12,14H,4-10H2,1-3H3. The molecule has 1 rings (SSSR count). The number of carbonyl (C=O) groups is 1. The Balaban J connectivity index is 2.71. The topological polar surface area (TPSA) is 75.7 Å². The third kappa shape index (κ3) is 5.76. The summed E-state index contributed by atoms with van der Waals surface area (Å²) in [5.74, 6) is -1.03. The van der Waals surface area contributed by atoms with Crippen molar-refractivity contribution in [2.45, 2.75) is 39.7 Å². The van der Waals surface area contributed by atoms with Crippen LogP contribution in [0.3, 0.4) is 0 Å². The lowest BCUT2D eigenvalue weighted by Crippen LogP contribution is -2.44. The van der Waals surface area contributed by atoms with Gasteiger partial charge in [0.15, 0.2) is 5.75 Å². The van der Waals surface area contributed by atoms with Crippen molar-refractivity contribution in [3.63, 3.8) is 0 Å². The molecule has 0 radical (unpaired) electrons. The zero-order chi connectivity index (χ0) is 15.2. The van der Waals surface area contributed by atoms with Gasteiger partial charge in [-0.25, -0.2) is 8.42 Å². The number of esters is 1. The number of ether oxygens (including phenoxy) is 1. The summed E-state index contributed by atoms with van der Waals surface area (Å²) in [5, 5.41) is 3.29. The largest absolute Gasteiger partial charge is 0.465 e. The van der Waals surface area contributed by atoms with Crippen molar-refractivity contribution in [2.24, 2.45) is 5.92 Å². The second-order valence-electron chi connectivity index (χ2n) is 5.57. The van der Waals surface area contributed by atoms with E-state index in [9.17, 15) is 13.2 Å². The second-order valence-corrected chi connectivity index (χ2v) is 7.53. The first-order chi connectivity index (χ1) is 9.35. The monoisotopic (exact) mass is 306 g/mol. The van der Waals surface area contributed by atoms with Crippen LogP contribution in [0.2, 0.25) is 0 Å². The lowest BCUT2D eigenvalue weighted by atomic mass is 10.2. The summed E-state index contributed by atoms with van der Waals surface area (Å²) in [6, 6.07) is 0.186. The Morgan fingerprint density at radius 3 is 2.65 bits per heavy atom. The quantitative estimate of drug-likeness (QED) is 0.664. The van der Waals surface area contributed by atoms with Crippen LogP contribution in [0.15, 0.2) is 0 Å². The van der Waals surface area contributed by atoms with E-state index in [0.29, 0.717) is 13.1 Å². The molecule has 0 amide bonds. The second kappa shape index (κ2) is 7.95. The zero-order valence-electron chi connectivity index (χ0n) is 12.6. The van der Waals surface area contributed by atoms with E-state index < -0.39 is 21.7 Å². The number of nitrogens with zero attached hydrogens (tertiary/aromatic N) is 1. The summed E-state index contributed by atoms with van der Waals surface area (Å²) in [6.07, 6.45) is 2.04. The molecule has 0 aliphatic carbocycles. The molecule has 0 aromatic rings. The molecule has 1 heterocycles. The highest BCUT2D eigenvalue weighted by atomic mass is 32.2. The lowest BCUT2D eigenvalue weighted by molar-refractivity contribution is -0.140. The summed E-state index contributed by atoms with van der Waals surface area (Å²) in [5.41, 5.74) is 0. The summed E-state index contributed by atoms with van der Waals surface area (Å²) in [7, 11) is -3.61. The van der Waals surface area contributed by atoms with Crippen molar-refractivity contribution in [3.05, 3.63) is 0 Å². The van der Waals surface area contributed by atoms with Crippen LogP contribution < -0.4 is 5.32 Å². The molecule has 6 nitrogen and oxygen atoms in total. The highest BCUT2D eigenvalue weighted by molar-refractivity contribution is 7.89. The number of hydrogen-bond acceptors (Lipinski definition) is 5. The van der Waals surface area contributed by atoms with Crippen LogP contribution in [-0.4, -0.2) is 56.7 Å². The minimum Gasteiger partial charge on any atom is -0.465 e. The van der Waals surface area contributed by atoms with Gasteiger partial charge in [0.25, 0.3) is 0 Å². The first kappa shape index (κ1) is 17.4. The smallest absolute Gasteiger partial charge is 0.322 e. The summed E-state index contributed by atoms with van der Waals surface area (Å²) < 4.78 is 30.8. The minimum absolute atomic E-state index is 0.186. The van der Waals surface area contributed by atoms with Gasteiger partial charge < -0.3 is 10.1 Å². The molecule has 7 heteroatoms. The van der Waals surface area contributed by atoms with Crippen LogP contribution in [-0.2, 0) is 19.6 Å². The number of sulfonamides is 1. The SMILES string of the molecule is CCOC(=O)CS(=O)(=O)N(CC(C)C)CC1CCCN1. The predicted molar refractivity (Wildman–Crippen MR) is 77.9 cm³/mol. The Kier molecular flexibility index (Phi) is 6.91. The van der Waals surface area contributed by atoms with E-state index in [0.717, 1.165) is 19.4 Å². The van der Waals surface area contributed by atoms with Crippen molar-refractivity contribution < 1.29 is 17.9 Å². The zero-order valence-corrected chi connectivity index (χ0v) is 13.4.